The maximum Gasteiger partial charge on any atom is 0.274 e. The summed E-state index contributed by atoms with van der Waals surface area (Å²) in [6, 6.07) is 15.3. The maximum atomic E-state index is 13.8. The molecule has 2 heterocycles. The predicted octanol–water partition coefficient (Wildman–Crippen LogP) is 2.82. The predicted molar refractivity (Wildman–Crippen MR) is 137 cm³/mol. The van der Waals surface area contributed by atoms with Crippen molar-refractivity contribution in [1.82, 2.24) is 25.1 Å². The number of nitrogens with zero attached hydrogens (tertiary/aromatic N) is 3. The van der Waals surface area contributed by atoms with E-state index in [1.54, 1.807) is 23.5 Å². The lowest BCUT2D eigenvalue weighted by Crippen LogP contribution is -2.64. The Hall–Kier alpha value is -4.14. The lowest BCUT2D eigenvalue weighted by molar-refractivity contribution is -0.133. The fourth-order valence-electron chi connectivity index (χ4n) is 4.93. The number of ether oxygens (including phenoxy) is 1. The van der Waals surface area contributed by atoms with Gasteiger partial charge in [-0.25, -0.2) is 4.98 Å². The number of benzene rings is 2. The van der Waals surface area contributed by atoms with E-state index >= 15 is 0 Å². The first kappa shape index (κ1) is 24.5. The zero-order valence-corrected chi connectivity index (χ0v) is 21.3. The van der Waals surface area contributed by atoms with Gasteiger partial charge >= 0.3 is 0 Å². The van der Waals surface area contributed by atoms with Gasteiger partial charge in [-0.3, -0.25) is 14.4 Å². The second-order valence-corrected chi connectivity index (χ2v) is 9.95. The van der Waals surface area contributed by atoms with E-state index in [1.807, 2.05) is 55.5 Å². The molecule has 5 rings (SSSR count). The van der Waals surface area contributed by atoms with Crippen LogP contribution in [0.4, 0.5) is 0 Å². The fraction of sp³-hybridized carbons (Fsp3) is 0.357. The Morgan fingerprint density at radius 1 is 1.08 bits per heavy atom. The largest absolute Gasteiger partial charge is 0.497 e. The van der Waals surface area contributed by atoms with Crippen LogP contribution < -0.4 is 15.4 Å². The molecule has 37 heavy (non-hydrogen) atoms. The molecular weight excluding hydrogens is 470 g/mol. The van der Waals surface area contributed by atoms with E-state index in [0.29, 0.717) is 13.1 Å². The van der Waals surface area contributed by atoms with Crippen LogP contribution in [-0.2, 0) is 24.4 Å². The van der Waals surface area contributed by atoms with Crippen molar-refractivity contribution in [3.8, 4) is 5.75 Å². The van der Waals surface area contributed by atoms with Gasteiger partial charge in [0.15, 0.2) is 5.69 Å². The van der Waals surface area contributed by atoms with Gasteiger partial charge in [0, 0.05) is 19.1 Å². The molecule has 2 aliphatic rings. The van der Waals surface area contributed by atoms with Crippen molar-refractivity contribution in [2.24, 2.45) is 0 Å². The zero-order chi connectivity index (χ0) is 26.2. The number of nitrogens with one attached hydrogen (secondary N) is 2. The Morgan fingerprint density at radius 2 is 1.81 bits per heavy atom. The number of methoxy groups -OCH3 is 1. The number of rotatable bonds is 8. The third kappa shape index (κ3) is 4.81. The Labute approximate surface area is 215 Å². The highest BCUT2D eigenvalue weighted by molar-refractivity contribution is 6.07. The molecule has 9 nitrogen and oxygen atoms in total. The molecule has 1 aliphatic heterocycles. The fourth-order valence-corrected chi connectivity index (χ4v) is 4.93. The van der Waals surface area contributed by atoms with Crippen LogP contribution >= 0.6 is 0 Å². The Kier molecular flexibility index (Phi) is 6.45. The second-order valence-electron chi connectivity index (χ2n) is 9.95. The van der Waals surface area contributed by atoms with Crippen molar-refractivity contribution in [1.29, 1.82) is 0 Å². The molecule has 192 valence electrons. The molecule has 1 aliphatic carbocycles. The number of aromatic nitrogens is 2. The van der Waals surface area contributed by atoms with Crippen molar-refractivity contribution in [2.45, 2.75) is 57.9 Å². The van der Waals surface area contributed by atoms with E-state index in [9.17, 15) is 14.4 Å². The van der Waals surface area contributed by atoms with Crippen LogP contribution in [0, 0.1) is 6.92 Å². The maximum absolute atomic E-state index is 13.8. The smallest absolute Gasteiger partial charge is 0.274 e. The number of carbonyl (C=O) groups is 3. The Bertz CT molecular complexity index is 1340. The summed E-state index contributed by atoms with van der Waals surface area (Å²) in [5.41, 5.74) is 2.21. The summed E-state index contributed by atoms with van der Waals surface area (Å²) in [6.45, 7) is 4.66. The molecule has 1 fully saturated rings. The van der Waals surface area contributed by atoms with Crippen LogP contribution in [-0.4, -0.2) is 50.9 Å². The minimum atomic E-state index is -1.10. The number of aryl methyl sites for hydroxylation is 1. The van der Waals surface area contributed by atoms with Crippen molar-refractivity contribution in [3.05, 3.63) is 82.9 Å². The molecule has 1 aromatic heterocycles. The van der Waals surface area contributed by atoms with Crippen LogP contribution in [0.5, 0.6) is 5.75 Å². The molecular formula is C28H31N5O4. The highest BCUT2D eigenvalue weighted by Crippen LogP contribution is 2.38. The van der Waals surface area contributed by atoms with Crippen molar-refractivity contribution in [3.63, 3.8) is 0 Å². The van der Waals surface area contributed by atoms with Crippen LogP contribution in [0.2, 0.25) is 0 Å². The molecule has 2 aromatic carbocycles. The van der Waals surface area contributed by atoms with Gasteiger partial charge in [-0.05, 0) is 49.9 Å². The first-order valence-electron chi connectivity index (χ1n) is 12.4. The van der Waals surface area contributed by atoms with Gasteiger partial charge in [0.05, 0.1) is 20.0 Å². The minimum absolute atomic E-state index is 0.0314. The minimum Gasteiger partial charge on any atom is -0.497 e. The summed E-state index contributed by atoms with van der Waals surface area (Å²) in [6.07, 6.45) is 3.14. The first-order valence-corrected chi connectivity index (χ1v) is 12.4. The molecule has 9 heteroatoms. The highest BCUT2D eigenvalue weighted by Gasteiger charge is 2.53. The molecule has 1 atom stereocenters. The number of amides is 3. The summed E-state index contributed by atoms with van der Waals surface area (Å²) in [5.74, 6) is -0.250. The van der Waals surface area contributed by atoms with Crippen LogP contribution in [0.3, 0.4) is 0 Å². The van der Waals surface area contributed by atoms with Crippen molar-refractivity contribution in [2.75, 3.05) is 7.11 Å². The monoisotopic (exact) mass is 501 g/mol. The van der Waals surface area contributed by atoms with E-state index in [2.05, 4.69) is 15.6 Å². The normalized spacial score (nSPS) is 18.8. The first-order chi connectivity index (χ1) is 17.8. The van der Waals surface area contributed by atoms with Crippen molar-refractivity contribution >= 4 is 17.7 Å². The SMILES string of the molecule is COc1ccc(CNC(=O)[C@]2(C)Cn3cnc(C(=O)NCc4cccc(C)c4)c3C(=O)N2C2CC2)cc1. The standard InChI is InChI=1S/C28H31N5O4/c1-18-5-4-6-20(13-18)15-29-25(34)23-24-26(35)33(21-9-10-21)28(2,16-32(24)17-31-23)27(36)30-14-19-7-11-22(37-3)12-8-19/h4-8,11-13,17,21H,9-10,14-16H2,1-3H3,(H,29,34)(H,30,36)/t28-/m0/s1. The van der Waals surface area contributed by atoms with Crippen LogP contribution in [0.25, 0.3) is 0 Å². The molecule has 2 N–H and O–H groups in total. The van der Waals surface area contributed by atoms with Crippen LogP contribution in [0.15, 0.2) is 54.9 Å². The lowest BCUT2D eigenvalue weighted by Gasteiger charge is -2.44. The van der Waals surface area contributed by atoms with E-state index in [-0.39, 0.29) is 35.8 Å². The van der Waals surface area contributed by atoms with E-state index < -0.39 is 11.4 Å². The number of fused-ring (bicyclic) bond motifs is 1. The average molecular weight is 502 g/mol. The topological polar surface area (TPSA) is 106 Å². The van der Waals surface area contributed by atoms with Crippen molar-refractivity contribution < 1.29 is 19.1 Å². The molecule has 0 unspecified atom stereocenters. The van der Waals surface area contributed by atoms with E-state index in [0.717, 1.165) is 35.3 Å². The van der Waals surface area contributed by atoms with E-state index in [4.69, 9.17) is 4.74 Å². The number of carbonyl (C=O) groups excluding carboxylic acids is 3. The lowest BCUT2D eigenvalue weighted by atomic mass is 9.93. The Morgan fingerprint density at radius 3 is 2.49 bits per heavy atom. The number of imidazole rings is 1. The third-order valence-electron chi connectivity index (χ3n) is 7.03. The average Bonchev–Trinajstić information content (AvgIpc) is 3.63. The summed E-state index contributed by atoms with van der Waals surface area (Å²) >= 11 is 0. The zero-order valence-electron chi connectivity index (χ0n) is 21.3. The molecule has 0 bridgehead atoms. The highest BCUT2D eigenvalue weighted by atomic mass is 16.5. The molecule has 1 saturated carbocycles. The molecule has 3 aromatic rings. The Balaban J connectivity index is 1.34. The third-order valence-corrected chi connectivity index (χ3v) is 7.03. The van der Waals surface area contributed by atoms with Gasteiger partial charge in [-0.2, -0.15) is 0 Å². The second kappa shape index (κ2) is 9.72. The van der Waals surface area contributed by atoms with Gasteiger partial charge in [-0.1, -0.05) is 42.0 Å². The van der Waals surface area contributed by atoms with Crippen LogP contribution in [0.1, 0.15) is 57.4 Å². The molecule has 0 saturated heterocycles. The number of hydrogen-bond acceptors (Lipinski definition) is 5. The van der Waals surface area contributed by atoms with Gasteiger partial charge in [0.2, 0.25) is 5.91 Å². The summed E-state index contributed by atoms with van der Waals surface area (Å²) in [7, 11) is 1.60. The van der Waals surface area contributed by atoms with Gasteiger partial charge in [0.1, 0.15) is 17.0 Å². The van der Waals surface area contributed by atoms with Gasteiger partial charge in [-0.15, -0.1) is 0 Å². The summed E-state index contributed by atoms with van der Waals surface area (Å²) < 4.78 is 6.83. The van der Waals surface area contributed by atoms with E-state index in [1.165, 1.54) is 6.33 Å². The van der Waals surface area contributed by atoms with Gasteiger partial charge < -0.3 is 24.8 Å². The summed E-state index contributed by atoms with van der Waals surface area (Å²) in [5, 5.41) is 5.87. The molecule has 3 amide bonds. The van der Waals surface area contributed by atoms with Gasteiger partial charge in [0.25, 0.3) is 11.8 Å². The molecule has 0 spiro atoms. The molecule has 0 radical (unpaired) electrons. The quantitative estimate of drug-likeness (QED) is 0.494. The summed E-state index contributed by atoms with van der Waals surface area (Å²) in [4.78, 5) is 46.2. The number of hydrogen-bond donors (Lipinski definition) is 2.